The first-order chi connectivity index (χ1) is 6.74. The minimum atomic E-state index is -2.40. The second kappa shape index (κ2) is 8.37. The van der Waals surface area contributed by atoms with Gasteiger partial charge in [0.05, 0.1) is 0 Å². The highest BCUT2D eigenvalue weighted by atomic mass is 28.4. The summed E-state index contributed by atoms with van der Waals surface area (Å²) in [5.74, 6) is 0. The molecule has 0 unspecified atom stereocenters. The molecule has 0 saturated carbocycles. The highest BCUT2D eigenvalue weighted by Crippen LogP contribution is 2.17. The highest BCUT2D eigenvalue weighted by Gasteiger charge is 2.39. The van der Waals surface area contributed by atoms with E-state index in [1.165, 1.54) is 0 Å². The third kappa shape index (κ3) is 5.07. The largest absolute Gasteiger partial charge is 0.500 e. The van der Waals surface area contributed by atoms with E-state index in [0.717, 1.165) is 12.5 Å². The molecule has 0 aliphatic rings. The minimum Gasteiger partial charge on any atom is -0.374 e. The van der Waals surface area contributed by atoms with Crippen molar-refractivity contribution in [1.82, 2.24) is 0 Å². The lowest BCUT2D eigenvalue weighted by Crippen LogP contribution is -2.46. The van der Waals surface area contributed by atoms with Gasteiger partial charge in [-0.1, -0.05) is 0 Å². The van der Waals surface area contributed by atoms with E-state index in [-0.39, 0.29) is 0 Å². The van der Waals surface area contributed by atoms with E-state index in [1.807, 2.05) is 20.8 Å². The zero-order chi connectivity index (χ0) is 10.9. The van der Waals surface area contributed by atoms with Gasteiger partial charge in [0.15, 0.2) is 0 Å². The molecule has 0 aromatic rings. The second-order valence-electron chi connectivity index (χ2n) is 2.87. The van der Waals surface area contributed by atoms with E-state index >= 15 is 0 Å². The first-order valence-corrected chi connectivity index (χ1v) is 7.29. The molecule has 0 heterocycles. The van der Waals surface area contributed by atoms with E-state index < -0.39 is 8.80 Å². The van der Waals surface area contributed by atoms with Gasteiger partial charge in [0.1, 0.15) is 0 Å². The van der Waals surface area contributed by atoms with Crippen LogP contribution in [0.1, 0.15) is 27.2 Å². The molecular weight excluding hydrogens is 201 g/mol. The molecule has 0 atom stereocenters. The fourth-order valence-corrected chi connectivity index (χ4v) is 3.96. The third-order valence-electron chi connectivity index (χ3n) is 1.78. The lowest BCUT2D eigenvalue weighted by molar-refractivity contribution is 0.0710. The van der Waals surface area contributed by atoms with Crippen LogP contribution in [0.2, 0.25) is 6.04 Å². The van der Waals surface area contributed by atoms with Crippen molar-refractivity contribution in [2.45, 2.75) is 33.2 Å². The molecule has 0 rings (SSSR count). The van der Waals surface area contributed by atoms with Crippen LogP contribution in [0.15, 0.2) is 0 Å². The van der Waals surface area contributed by atoms with Gasteiger partial charge in [-0.2, -0.15) is 0 Å². The molecule has 0 spiro atoms. The van der Waals surface area contributed by atoms with E-state index in [4.69, 9.17) is 19.0 Å². The number of rotatable bonds is 9. The van der Waals surface area contributed by atoms with E-state index in [0.29, 0.717) is 26.4 Å². The smallest absolute Gasteiger partial charge is 0.374 e. The Bertz CT molecular complexity index is 118. The zero-order valence-corrected chi connectivity index (χ0v) is 10.5. The summed E-state index contributed by atoms with van der Waals surface area (Å²) in [6.07, 6.45) is 0.895. The van der Waals surface area contributed by atoms with Crippen molar-refractivity contribution in [1.29, 1.82) is 0 Å². The van der Waals surface area contributed by atoms with Crippen LogP contribution in [0, 0.1) is 0 Å². The maximum atomic E-state index is 5.65. The first kappa shape index (κ1) is 14.1. The molecule has 2 N–H and O–H groups in total. The van der Waals surface area contributed by atoms with Crippen LogP contribution >= 0.6 is 0 Å². The van der Waals surface area contributed by atoms with Crippen molar-refractivity contribution < 1.29 is 13.3 Å². The van der Waals surface area contributed by atoms with E-state index in [9.17, 15) is 0 Å². The highest BCUT2D eigenvalue weighted by molar-refractivity contribution is 6.60. The predicted octanol–water partition coefficient (Wildman–Crippen LogP) is 1.38. The topological polar surface area (TPSA) is 53.7 Å². The van der Waals surface area contributed by atoms with Crippen LogP contribution in [-0.2, 0) is 13.3 Å². The second-order valence-corrected chi connectivity index (χ2v) is 5.61. The van der Waals surface area contributed by atoms with Gasteiger partial charge in [-0.15, -0.1) is 0 Å². The SMILES string of the molecule is CCO[Si]([13CH2][13CH2][13CH2]N)(OCC)OCC. The molecule has 4 nitrogen and oxygen atoms in total. The van der Waals surface area contributed by atoms with Gasteiger partial charge in [0.2, 0.25) is 0 Å². The van der Waals surface area contributed by atoms with Gasteiger partial charge in [0, 0.05) is 25.9 Å². The van der Waals surface area contributed by atoms with Gasteiger partial charge < -0.3 is 19.0 Å². The standard InChI is InChI=1S/C9H23NO3Si/c1-4-11-14(12-5-2,13-6-3)9-7-8-10/h4-10H2,1-3H3/i7+1,8+1,9+1. The molecule has 0 fully saturated rings. The fourth-order valence-electron chi connectivity index (χ4n) is 1.32. The van der Waals surface area contributed by atoms with Crippen molar-refractivity contribution in [3.05, 3.63) is 0 Å². The summed E-state index contributed by atoms with van der Waals surface area (Å²) in [4.78, 5) is 0. The summed E-state index contributed by atoms with van der Waals surface area (Å²) in [7, 11) is -2.40. The average molecular weight is 224 g/mol. The summed E-state index contributed by atoms with van der Waals surface area (Å²) in [6, 6.07) is 0.818. The monoisotopic (exact) mass is 224 g/mol. The summed E-state index contributed by atoms with van der Waals surface area (Å²) >= 11 is 0. The molecule has 0 aromatic carbocycles. The Hall–Kier alpha value is 0.0569. The zero-order valence-electron chi connectivity index (χ0n) is 9.54. The molecule has 0 amide bonds. The molecule has 0 bridgehead atoms. The Morgan fingerprint density at radius 3 is 1.64 bits per heavy atom. The quantitative estimate of drug-likeness (QED) is 0.475. The molecule has 0 saturated heterocycles. The average Bonchev–Trinajstić information content (AvgIpc) is 2.16. The Kier molecular flexibility index (Phi) is 8.41. The summed E-state index contributed by atoms with van der Waals surface area (Å²) in [5.41, 5.74) is 5.48. The maximum Gasteiger partial charge on any atom is 0.500 e. The molecule has 86 valence electrons. The van der Waals surface area contributed by atoms with E-state index in [1.54, 1.807) is 0 Å². The Morgan fingerprint density at radius 1 is 0.929 bits per heavy atom. The van der Waals surface area contributed by atoms with Crippen molar-refractivity contribution in [3.63, 3.8) is 0 Å². The van der Waals surface area contributed by atoms with Crippen LogP contribution in [-0.4, -0.2) is 35.2 Å². The molecule has 5 heteroatoms. The van der Waals surface area contributed by atoms with Crippen LogP contribution in [0.25, 0.3) is 0 Å². The number of nitrogens with two attached hydrogens (primary N) is 1. The Morgan fingerprint density at radius 2 is 1.36 bits per heavy atom. The van der Waals surface area contributed by atoms with Gasteiger partial charge >= 0.3 is 8.80 Å². The predicted molar refractivity (Wildman–Crippen MR) is 59.1 cm³/mol. The van der Waals surface area contributed by atoms with Crippen molar-refractivity contribution in [3.8, 4) is 0 Å². The minimum absolute atomic E-state index is 0.636. The van der Waals surface area contributed by atoms with Gasteiger partial charge in [-0.25, -0.2) is 0 Å². The van der Waals surface area contributed by atoms with Crippen LogP contribution in [0.5, 0.6) is 0 Å². The molecule has 0 aliphatic heterocycles. The van der Waals surface area contributed by atoms with Gasteiger partial charge in [-0.05, 0) is 33.7 Å². The molecule has 0 radical (unpaired) electrons. The molecule has 0 aliphatic carbocycles. The lowest BCUT2D eigenvalue weighted by atomic mass is 10.9. The van der Waals surface area contributed by atoms with Crippen LogP contribution in [0.3, 0.4) is 0 Å². The number of hydrogen-bond acceptors (Lipinski definition) is 4. The Labute approximate surface area is 88.1 Å². The maximum absolute atomic E-state index is 5.65. The number of hydrogen-bond donors (Lipinski definition) is 1. The van der Waals surface area contributed by atoms with Crippen LogP contribution < -0.4 is 5.73 Å². The summed E-state index contributed by atoms with van der Waals surface area (Å²) < 4.78 is 17.0. The lowest BCUT2D eigenvalue weighted by Gasteiger charge is -2.28. The molecular formula is C9H23NO3Si. The van der Waals surface area contributed by atoms with Crippen LogP contribution in [0.4, 0.5) is 0 Å². The summed E-state index contributed by atoms with van der Waals surface area (Å²) in [6.45, 7) is 8.44. The normalized spacial score (nSPS) is 12.0. The van der Waals surface area contributed by atoms with Crippen molar-refractivity contribution in [2.24, 2.45) is 5.73 Å². The molecule has 0 aromatic heterocycles. The molecule has 14 heavy (non-hydrogen) atoms. The van der Waals surface area contributed by atoms with Crippen molar-refractivity contribution in [2.75, 3.05) is 26.4 Å². The first-order valence-electron chi connectivity index (χ1n) is 5.36. The Balaban J connectivity index is 4.21. The third-order valence-corrected chi connectivity index (χ3v) is 4.93. The van der Waals surface area contributed by atoms with Gasteiger partial charge in [0.25, 0.3) is 0 Å². The van der Waals surface area contributed by atoms with E-state index in [2.05, 4.69) is 0 Å². The van der Waals surface area contributed by atoms with Gasteiger partial charge in [-0.3, -0.25) is 0 Å². The van der Waals surface area contributed by atoms with Crippen molar-refractivity contribution >= 4 is 8.80 Å². The summed E-state index contributed by atoms with van der Waals surface area (Å²) in [5, 5.41) is 0. The fraction of sp³-hybridized carbons (Fsp3) is 1.00.